The number of hydrogen-bond donors (Lipinski definition) is 2. The molecule has 1 aliphatic heterocycles. The molecule has 24 heteroatoms. The number of esters is 4. The van der Waals surface area contributed by atoms with E-state index in [1.807, 2.05) is 0 Å². The number of carbonyl (C=O) groups excluding carboxylic acids is 7. The molecule has 1 saturated heterocycles. The Morgan fingerprint density at radius 2 is 1.40 bits per heavy atom. The highest BCUT2D eigenvalue weighted by Crippen LogP contribution is 2.33. The van der Waals surface area contributed by atoms with Crippen molar-refractivity contribution in [3.8, 4) is 11.5 Å². The SMILES string of the molecule is COC(=O)[C@H]1O[C@@H](Oc2ccc(COC(=O)Oc3ccc([N+](=O)[O-])cc3)cc2C(=O)NCCOCCOCCONC(=O)OC(C)(C)C)[C@H](OC(C)=O)[C@@H](OC(C)=O)[C@@H]1OC(C)=O. The lowest BCUT2D eigenvalue weighted by atomic mass is 9.97. The number of ether oxygens (including phenoxy) is 11. The van der Waals surface area contributed by atoms with Crippen molar-refractivity contribution < 1.29 is 95.4 Å². The zero-order chi connectivity index (χ0) is 46.7. The molecule has 5 atom stereocenters. The number of hydrogen-bond acceptors (Lipinski definition) is 21. The average molecular weight is 896 g/mol. The van der Waals surface area contributed by atoms with Crippen LogP contribution in [0.4, 0.5) is 15.3 Å². The third-order valence-corrected chi connectivity index (χ3v) is 7.76. The van der Waals surface area contributed by atoms with E-state index in [2.05, 4.69) is 10.8 Å². The molecule has 0 aromatic heterocycles. The molecule has 0 spiro atoms. The molecule has 0 bridgehead atoms. The van der Waals surface area contributed by atoms with Gasteiger partial charge < -0.3 is 57.4 Å². The standard InChI is InChI=1S/C39H49N3O21/c1-22(43)57-30-31(58-23(2)44)33(59-24(3)45)36(62-32(30)35(47)52-7)61-29-13-8-25(21-55-38(49)60-27-11-9-26(10-12-27)42(50)51)20-28(29)34(46)40-14-15-53-16-17-54-18-19-56-41-37(48)63-39(4,5)6/h8-13,20,30-33,36H,14-19,21H2,1-7H3,(H,40,46)(H,41,48)/t30-,31-,32-,33+,36+/m0/s1. The summed E-state index contributed by atoms with van der Waals surface area (Å²) in [4.78, 5) is 103. The lowest BCUT2D eigenvalue weighted by molar-refractivity contribution is -0.384. The number of benzene rings is 2. The maximum absolute atomic E-state index is 13.7. The number of amides is 2. The van der Waals surface area contributed by atoms with E-state index in [1.165, 1.54) is 30.3 Å². The van der Waals surface area contributed by atoms with Gasteiger partial charge in [-0.2, -0.15) is 5.48 Å². The second kappa shape index (κ2) is 24.7. The van der Waals surface area contributed by atoms with E-state index >= 15 is 0 Å². The Hall–Kier alpha value is -6.63. The fourth-order valence-electron chi connectivity index (χ4n) is 5.31. The summed E-state index contributed by atoms with van der Waals surface area (Å²) in [6, 6.07) is 8.53. The van der Waals surface area contributed by atoms with Gasteiger partial charge in [0, 0.05) is 39.4 Å². The number of nitrogens with zero attached hydrogens (tertiary/aromatic N) is 1. The first-order valence-electron chi connectivity index (χ1n) is 19.0. The molecule has 63 heavy (non-hydrogen) atoms. The van der Waals surface area contributed by atoms with Gasteiger partial charge in [0.2, 0.25) is 12.4 Å². The van der Waals surface area contributed by atoms with Gasteiger partial charge in [-0.05, 0) is 50.6 Å². The monoisotopic (exact) mass is 895 g/mol. The summed E-state index contributed by atoms with van der Waals surface area (Å²) in [6.07, 6.45) is -10.6. The molecular formula is C39H49N3O21. The van der Waals surface area contributed by atoms with Gasteiger partial charge in [-0.1, -0.05) is 6.07 Å². The lowest BCUT2D eigenvalue weighted by Gasteiger charge is -2.43. The molecule has 2 N–H and O–H groups in total. The van der Waals surface area contributed by atoms with Crippen molar-refractivity contribution in [2.24, 2.45) is 0 Å². The van der Waals surface area contributed by atoms with Crippen LogP contribution in [0.2, 0.25) is 0 Å². The number of non-ortho nitro benzene ring substituents is 1. The Balaban J connectivity index is 1.77. The smallest absolute Gasteiger partial charge is 0.467 e. The van der Waals surface area contributed by atoms with E-state index < -0.39 is 89.9 Å². The number of rotatable bonds is 21. The van der Waals surface area contributed by atoms with Crippen molar-refractivity contribution in [3.05, 3.63) is 63.7 Å². The van der Waals surface area contributed by atoms with E-state index in [9.17, 15) is 43.7 Å². The number of carbonyl (C=O) groups is 7. The van der Waals surface area contributed by atoms with Gasteiger partial charge in [0.25, 0.3) is 11.6 Å². The number of nitrogens with one attached hydrogen (secondary N) is 2. The van der Waals surface area contributed by atoms with Crippen molar-refractivity contribution >= 4 is 47.7 Å². The molecule has 2 aromatic carbocycles. The first-order chi connectivity index (χ1) is 29.8. The summed E-state index contributed by atoms with van der Waals surface area (Å²) < 4.78 is 59.0. The summed E-state index contributed by atoms with van der Waals surface area (Å²) in [5, 5.41) is 13.6. The molecular weight excluding hydrogens is 846 g/mol. The Bertz CT molecular complexity index is 1920. The Morgan fingerprint density at radius 1 is 0.794 bits per heavy atom. The number of methoxy groups -OCH3 is 1. The zero-order valence-corrected chi connectivity index (χ0v) is 35.4. The third kappa shape index (κ3) is 17.7. The van der Waals surface area contributed by atoms with Crippen LogP contribution in [0.25, 0.3) is 0 Å². The largest absolute Gasteiger partial charge is 0.514 e. The first kappa shape index (κ1) is 50.7. The predicted molar refractivity (Wildman–Crippen MR) is 208 cm³/mol. The highest BCUT2D eigenvalue weighted by atomic mass is 16.7. The van der Waals surface area contributed by atoms with Crippen LogP contribution in [0.5, 0.6) is 11.5 Å². The van der Waals surface area contributed by atoms with Crippen LogP contribution >= 0.6 is 0 Å². The van der Waals surface area contributed by atoms with Crippen LogP contribution in [0, 0.1) is 10.1 Å². The van der Waals surface area contributed by atoms with Crippen molar-refractivity contribution in [2.75, 3.05) is 46.7 Å². The van der Waals surface area contributed by atoms with Gasteiger partial charge in [-0.3, -0.25) is 34.1 Å². The lowest BCUT2D eigenvalue weighted by Crippen LogP contribution is -2.64. The van der Waals surface area contributed by atoms with Crippen LogP contribution in [0.15, 0.2) is 42.5 Å². The average Bonchev–Trinajstić information content (AvgIpc) is 3.20. The zero-order valence-electron chi connectivity index (χ0n) is 35.4. The number of nitro groups is 1. The molecule has 3 rings (SSSR count). The summed E-state index contributed by atoms with van der Waals surface area (Å²) >= 11 is 0. The Kier molecular flexibility index (Phi) is 19.9. The van der Waals surface area contributed by atoms with Gasteiger partial charge in [0.05, 0.1) is 50.6 Å². The summed E-state index contributed by atoms with van der Waals surface area (Å²) in [7, 11) is 1.01. The van der Waals surface area contributed by atoms with Crippen molar-refractivity contribution in [1.82, 2.24) is 10.8 Å². The van der Waals surface area contributed by atoms with Crippen molar-refractivity contribution in [3.63, 3.8) is 0 Å². The van der Waals surface area contributed by atoms with E-state index in [1.54, 1.807) is 20.8 Å². The molecule has 0 saturated carbocycles. The minimum atomic E-state index is -1.82. The topological polar surface area (TPSA) is 297 Å². The Morgan fingerprint density at radius 3 is 2.00 bits per heavy atom. The normalized spacial score (nSPS) is 18.1. The number of nitro benzene ring substituents is 1. The van der Waals surface area contributed by atoms with E-state index in [0.29, 0.717) is 0 Å². The van der Waals surface area contributed by atoms with Crippen LogP contribution in [0.1, 0.15) is 57.5 Å². The molecule has 0 radical (unpaired) electrons. The summed E-state index contributed by atoms with van der Waals surface area (Å²) in [5.74, 6) is -4.92. The molecule has 1 fully saturated rings. The molecule has 0 unspecified atom stereocenters. The molecule has 2 aromatic rings. The fraction of sp³-hybridized carbons (Fsp3) is 0.513. The van der Waals surface area contributed by atoms with E-state index in [0.717, 1.165) is 40.0 Å². The highest BCUT2D eigenvalue weighted by molar-refractivity contribution is 5.97. The van der Waals surface area contributed by atoms with Crippen LogP contribution in [0.3, 0.4) is 0 Å². The predicted octanol–water partition coefficient (Wildman–Crippen LogP) is 2.60. The highest BCUT2D eigenvalue weighted by Gasteiger charge is 2.56. The molecule has 24 nitrogen and oxygen atoms in total. The van der Waals surface area contributed by atoms with E-state index in [-0.39, 0.29) is 67.9 Å². The molecule has 0 aliphatic carbocycles. The minimum absolute atomic E-state index is 0.00193. The molecule has 346 valence electrons. The van der Waals surface area contributed by atoms with Crippen molar-refractivity contribution in [1.29, 1.82) is 0 Å². The maximum atomic E-state index is 13.7. The maximum Gasteiger partial charge on any atom is 0.514 e. The van der Waals surface area contributed by atoms with E-state index in [4.69, 9.17) is 56.9 Å². The van der Waals surface area contributed by atoms with Gasteiger partial charge in [0.15, 0.2) is 18.3 Å². The van der Waals surface area contributed by atoms with Crippen LogP contribution < -0.4 is 20.3 Å². The van der Waals surface area contributed by atoms with Crippen LogP contribution in [-0.2, 0) is 73.3 Å². The summed E-state index contributed by atoms with van der Waals surface area (Å²) in [5.41, 5.74) is 1.20. The first-order valence-corrected chi connectivity index (χ1v) is 19.0. The third-order valence-electron chi connectivity index (χ3n) is 7.76. The van der Waals surface area contributed by atoms with Crippen LogP contribution in [-0.4, -0.2) is 130 Å². The quantitative estimate of drug-likeness (QED) is 0.0454. The van der Waals surface area contributed by atoms with Gasteiger partial charge in [-0.15, -0.1) is 0 Å². The Labute approximate surface area is 360 Å². The van der Waals surface area contributed by atoms with Gasteiger partial charge in [0.1, 0.15) is 23.7 Å². The summed E-state index contributed by atoms with van der Waals surface area (Å²) in [6.45, 7) is 8.03. The van der Waals surface area contributed by atoms with Gasteiger partial charge in [-0.25, -0.2) is 14.4 Å². The molecule has 2 amide bonds. The second-order valence-corrected chi connectivity index (χ2v) is 13.9. The van der Waals surface area contributed by atoms with Crippen molar-refractivity contribution in [2.45, 2.75) is 84.5 Å². The molecule has 1 heterocycles. The number of hydroxylamine groups is 1. The van der Waals surface area contributed by atoms with Gasteiger partial charge >= 0.3 is 36.1 Å². The fourth-order valence-corrected chi connectivity index (χ4v) is 5.31. The molecule has 1 aliphatic rings. The second-order valence-electron chi connectivity index (χ2n) is 13.9. The minimum Gasteiger partial charge on any atom is -0.467 e.